The zero-order chi connectivity index (χ0) is 22.3. The summed E-state index contributed by atoms with van der Waals surface area (Å²) in [4.78, 5) is 13.0. The van der Waals surface area contributed by atoms with E-state index in [4.69, 9.17) is 0 Å². The number of carbonyl (C=O) groups is 1. The van der Waals surface area contributed by atoms with E-state index in [-0.39, 0.29) is 29.0 Å². The molecular formula is C22H26N4O3S2. The third-order valence-corrected chi connectivity index (χ3v) is 8.58. The fraction of sp³-hybridized carbons (Fsp3) is 0.409. The number of ketones is 1. The van der Waals surface area contributed by atoms with E-state index in [0.29, 0.717) is 23.0 Å². The van der Waals surface area contributed by atoms with Crippen LogP contribution in [-0.2, 0) is 16.9 Å². The Kier molecular flexibility index (Phi) is 5.83. The van der Waals surface area contributed by atoms with Crippen molar-refractivity contribution < 1.29 is 13.2 Å². The van der Waals surface area contributed by atoms with Gasteiger partial charge in [0.2, 0.25) is 0 Å². The molecule has 31 heavy (non-hydrogen) atoms. The number of hydrogen-bond donors (Lipinski definition) is 0. The molecule has 0 amide bonds. The number of nitrogens with zero attached hydrogens (tertiary/aromatic N) is 4. The minimum absolute atomic E-state index is 0.0324. The maximum absolute atomic E-state index is 13.0. The number of hydrogen-bond acceptors (Lipinski definition) is 6. The number of benzene rings is 1. The Morgan fingerprint density at radius 2 is 1.97 bits per heavy atom. The lowest BCUT2D eigenvalue weighted by Crippen LogP contribution is -2.10. The third kappa shape index (κ3) is 4.34. The Bertz CT molecular complexity index is 1260. The predicted molar refractivity (Wildman–Crippen MR) is 122 cm³/mol. The first-order valence-corrected chi connectivity index (χ1v) is 13.0. The highest BCUT2D eigenvalue weighted by Gasteiger charge is 2.32. The summed E-state index contributed by atoms with van der Waals surface area (Å²) in [5, 5.41) is 9.03. The van der Waals surface area contributed by atoms with Gasteiger partial charge in [0.15, 0.2) is 20.8 Å². The fourth-order valence-corrected chi connectivity index (χ4v) is 6.76. The molecule has 0 N–H and O–H groups in total. The van der Waals surface area contributed by atoms with Crippen molar-refractivity contribution in [2.24, 2.45) is 7.05 Å². The van der Waals surface area contributed by atoms with Crippen molar-refractivity contribution in [3.63, 3.8) is 0 Å². The van der Waals surface area contributed by atoms with E-state index in [9.17, 15) is 13.2 Å². The van der Waals surface area contributed by atoms with Gasteiger partial charge in [0.25, 0.3) is 0 Å². The van der Waals surface area contributed by atoms with Gasteiger partial charge < -0.3 is 9.13 Å². The van der Waals surface area contributed by atoms with E-state index < -0.39 is 9.84 Å². The van der Waals surface area contributed by atoms with Crippen LogP contribution >= 0.6 is 11.8 Å². The molecule has 1 aliphatic rings. The van der Waals surface area contributed by atoms with Gasteiger partial charge in [0.1, 0.15) is 5.82 Å². The zero-order valence-electron chi connectivity index (χ0n) is 18.1. The first-order chi connectivity index (χ1) is 14.7. The molecule has 4 rings (SSSR count). The first-order valence-electron chi connectivity index (χ1n) is 10.2. The quantitative estimate of drug-likeness (QED) is 0.416. The summed E-state index contributed by atoms with van der Waals surface area (Å²) in [5.74, 6) is 1.14. The second-order valence-electron chi connectivity index (χ2n) is 8.17. The molecule has 1 aromatic carbocycles. The molecule has 9 heteroatoms. The number of thioether (sulfide) groups is 1. The number of Topliss-reactive ketones (excluding diaryl/α,β-unsaturated/α-hetero) is 1. The average Bonchev–Trinajstić information content (AvgIpc) is 3.34. The highest BCUT2D eigenvalue weighted by Crippen LogP contribution is 2.30. The van der Waals surface area contributed by atoms with Crippen molar-refractivity contribution in [3.8, 4) is 5.69 Å². The van der Waals surface area contributed by atoms with Crippen molar-refractivity contribution >= 4 is 27.4 Å². The van der Waals surface area contributed by atoms with Gasteiger partial charge in [-0.05, 0) is 51.0 Å². The van der Waals surface area contributed by atoms with Crippen molar-refractivity contribution in [1.29, 1.82) is 0 Å². The van der Waals surface area contributed by atoms with Crippen LogP contribution in [0.15, 0.2) is 35.5 Å². The van der Waals surface area contributed by atoms with Crippen LogP contribution in [0.1, 0.15) is 45.5 Å². The van der Waals surface area contributed by atoms with Crippen LogP contribution in [0, 0.1) is 20.8 Å². The molecule has 1 unspecified atom stereocenters. The Morgan fingerprint density at radius 3 is 2.65 bits per heavy atom. The predicted octanol–water partition coefficient (Wildman–Crippen LogP) is 3.41. The maximum atomic E-state index is 13.0. The van der Waals surface area contributed by atoms with Crippen LogP contribution in [0.25, 0.3) is 5.69 Å². The Morgan fingerprint density at radius 1 is 1.19 bits per heavy atom. The molecule has 0 aliphatic carbocycles. The molecule has 1 saturated heterocycles. The molecule has 164 valence electrons. The standard InChI is InChI=1S/C22H26N4O3S2/c1-14-6-5-7-18(10-14)26-15(2)11-19(16(26)3)20(27)12-30-22-24-23-21(25(22)4)17-8-9-31(28,29)13-17/h5-7,10-11,17H,8-9,12-13H2,1-4H3. The first kappa shape index (κ1) is 21.8. The van der Waals surface area contributed by atoms with Crippen LogP contribution in [0.3, 0.4) is 0 Å². The normalized spacial score (nSPS) is 17.9. The highest BCUT2D eigenvalue weighted by molar-refractivity contribution is 7.99. The van der Waals surface area contributed by atoms with Gasteiger partial charge in [-0.15, -0.1) is 10.2 Å². The van der Waals surface area contributed by atoms with Gasteiger partial charge in [0.05, 0.1) is 17.3 Å². The Labute approximate surface area is 186 Å². The lowest BCUT2D eigenvalue weighted by atomic mass is 10.1. The van der Waals surface area contributed by atoms with E-state index in [2.05, 4.69) is 33.8 Å². The maximum Gasteiger partial charge on any atom is 0.191 e. The summed E-state index contributed by atoms with van der Waals surface area (Å²) in [6.07, 6.45) is 0.572. The molecule has 0 radical (unpaired) electrons. The SMILES string of the molecule is Cc1cccc(-n2c(C)cc(C(=O)CSc3nnc(C4CCS(=O)(=O)C4)n3C)c2C)c1. The van der Waals surface area contributed by atoms with Crippen LogP contribution in [0.4, 0.5) is 0 Å². The molecule has 7 nitrogen and oxygen atoms in total. The topological polar surface area (TPSA) is 86.8 Å². The monoisotopic (exact) mass is 458 g/mol. The minimum atomic E-state index is -2.99. The van der Waals surface area contributed by atoms with E-state index in [1.807, 2.05) is 43.7 Å². The molecule has 3 heterocycles. The summed E-state index contributed by atoms with van der Waals surface area (Å²) in [6.45, 7) is 6.02. The Balaban J connectivity index is 1.50. The number of aromatic nitrogens is 4. The van der Waals surface area contributed by atoms with Crippen LogP contribution in [-0.4, -0.2) is 50.8 Å². The fourth-order valence-electron chi connectivity index (χ4n) is 4.22. The van der Waals surface area contributed by atoms with Crippen LogP contribution < -0.4 is 0 Å². The lowest BCUT2D eigenvalue weighted by Gasteiger charge is -2.10. The average molecular weight is 459 g/mol. The molecule has 0 bridgehead atoms. The van der Waals surface area contributed by atoms with Gasteiger partial charge in [-0.25, -0.2) is 8.42 Å². The number of sulfone groups is 1. The smallest absolute Gasteiger partial charge is 0.191 e. The van der Waals surface area contributed by atoms with E-state index >= 15 is 0 Å². The van der Waals surface area contributed by atoms with Crippen LogP contribution in [0.5, 0.6) is 0 Å². The van der Waals surface area contributed by atoms with Crippen molar-refractivity contribution in [3.05, 3.63) is 58.7 Å². The van der Waals surface area contributed by atoms with Crippen molar-refractivity contribution in [1.82, 2.24) is 19.3 Å². The molecule has 1 fully saturated rings. The van der Waals surface area contributed by atoms with E-state index in [1.54, 1.807) is 0 Å². The van der Waals surface area contributed by atoms with Gasteiger partial charge in [-0.3, -0.25) is 4.79 Å². The summed E-state index contributed by atoms with van der Waals surface area (Å²) in [6, 6.07) is 10.2. The second kappa shape index (κ2) is 8.27. The third-order valence-electron chi connectivity index (χ3n) is 5.79. The molecule has 1 aliphatic heterocycles. The summed E-state index contributed by atoms with van der Waals surface area (Å²) >= 11 is 1.33. The lowest BCUT2D eigenvalue weighted by molar-refractivity contribution is 0.102. The summed E-state index contributed by atoms with van der Waals surface area (Å²) in [7, 11) is -1.16. The number of carbonyl (C=O) groups excluding carboxylic acids is 1. The largest absolute Gasteiger partial charge is 0.318 e. The minimum Gasteiger partial charge on any atom is -0.318 e. The van der Waals surface area contributed by atoms with Crippen LogP contribution in [0.2, 0.25) is 0 Å². The van der Waals surface area contributed by atoms with Gasteiger partial charge in [-0.1, -0.05) is 23.9 Å². The highest BCUT2D eigenvalue weighted by atomic mass is 32.2. The van der Waals surface area contributed by atoms with E-state index in [0.717, 1.165) is 17.1 Å². The molecule has 0 spiro atoms. The van der Waals surface area contributed by atoms with Gasteiger partial charge in [-0.2, -0.15) is 0 Å². The molecule has 0 saturated carbocycles. The zero-order valence-corrected chi connectivity index (χ0v) is 19.8. The van der Waals surface area contributed by atoms with Gasteiger partial charge in [0, 0.05) is 35.6 Å². The molecule has 3 aromatic rings. The second-order valence-corrected chi connectivity index (χ2v) is 11.3. The number of rotatable bonds is 6. The molecule has 1 atom stereocenters. The van der Waals surface area contributed by atoms with Crippen molar-refractivity contribution in [2.75, 3.05) is 17.3 Å². The summed E-state index contributed by atoms with van der Waals surface area (Å²) in [5.41, 5.74) is 4.85. The van der Waals surface area contributed by atoms with E-state index in [1.165, 1.54) is 17.3 Å². The van der Waals surface area contributed by atoms with Crippen molar-refractivity contribution in [2.45, 2.75) is 38.3 Å². The molecule has 2 aromatic heterocycles. The number of aryl methyl sites for hydroxylation is 2. The Hall–Kier alpha value is -2.39. The van der Waals surface area contributed by atoms with Gasteiger partial charge >= 0.3 is 0 Å². The molecular weight excluding hydrogens is 432 g/mol. The summed E-state index contributed by atoms with van der Waals surface area (Å²) < 4.78 is 27.5.